The summed E-state index contributed by atoms with van der Waals surface area (Å²) in [6.07, 6.45) is 0. The summed E-state index contributed by atoms with van der Waals surface area (Å²) in [4.78, 5) is 17.2. The van der Waals surface area contributed by atoms with Gasteiger partial charge in [0, 0.05) is 17.1 Å². The number of carbonyl (C=O) groups is 1. The summed E-state index contributed by atoms with van der Waals surface area (Å²) >= 11 is 2.89. The fraction of sp³-hybridized carbons (Fsp3) is 0. The average Bonchev–Trinajstić information content (AvgIpc) is 3.12. The van der Waals surface area contributed by atoms with Crippen molar-refractivity contribution in [3.8, 4) is 9.88 Å². The first kappa shape index (κ1) is 13.8. The summed E-state index contributed by atoms with van der Waals surface area (Å²) in [5.41, 5.74) is 0.428. The smallest absolute Gasteiger partial charge is 0.275 e. The van der Waals surface area contributed by atoms with Crippen LogP contribution in [0.15, 0.2) is 41.1 Å². The third kappa shape index (κ3) is 2.98. The van der Waals surface area contributed by atoms with Gasteiger partial charge in [-0.25, -0.2) is 13.8 Å². The molecule has 21 heavy (non-hydrogen) atoms. The van der Waals surface area contributed by atoms with Gasteiger partial charge in [-0.15, -0.1) is 22.7 Å². The van der Waals surface area contributed by atoms with Gasteiger partial charge in [-0.3, -0.25) is 4.79 Å². The molecule has 1 N–H and O–H groups in total. The molecule has 0 radical (unpaired) electrons. The van der Waals surface area contributed by atoms with E-state index in [1.807, 2.05) is 17.5 Å². The molecule has 7 heteroatoms. The third-order valence-electron chi connectivity index (χ3n) is 2.65. The number of aromatic nitrogens is 1. The molecule has 0 atom stereocenters. The highest BCUT2D eigenvalue weighted by atomic mass is 32.1. The second-order valence-electron chi connectivity index (χ2n) is 4.10. The third-order valence-corrected chi connectivity index (χ3v) is 4.53. The number of anilines is 1. The van der Waals surface area contributed by atoms with Crippen molar-refractivity contribution >= 4 is 34.3 Å². The van der Waals surface area contributed by atoms with E-state index < -0.39 is 17.5 Å². The Bertz CT molecular complexity index is 784. The van der Waals surface area contributed by atoms with Crippen molar-refractivity contribution in [1.29, 1.82) is 0 Å². The van der Waals surface area contributed by atoms with Gasteiger partial charge in [-0.2, -0.15) is 0 Å². The van der Waals surface area contributed by atoms with Gasteiger partial charge in [0.15, 0.2) is 11.6 Å². The number of halogens is 2. The molecule has 0 saturated heterocycles. The monoisotopic (exact) mass is 322 g/mol. The lowest BCUT2D eigenvalue weighted by atomic mass is 10.3. The number of rotatable bonds is 3. The van der Waals surface area contributed by atoms with E-state index >= 15 is 0 Å². The Morgan fingerprint density at radius 2 is 2.00 bits per heavy atom. The molecular formula is C14H8F2N2OS2. The number of thiazole rings is 1. The van der Waals surface area contributed by atoms with Crippen molar-refractivity contribution in [2.75, 3.05) is 5.32 Å². The lowest BCUT2D eigenvalue weighted by Gasteiger charge is -2.03. The molecule has 1 amide bonds. The maximum atomic E-state index is 13.1. The maximum absolute atomic E-state index is 13.1. The molecule has 0 spiro atoms. The maximum Gasteiger partial charge on any atom is 0.275 e. The molecule has 0 unspecified atom stereocenters. The Balaban J connectivity index is 1.78. The van der Waals surface area contributed by atoms with Gasteiger partial charge in [-0.05, 0) is 23.6 Å². The van der Waals surface area contributed by atoms with Crippen molar-refractivity contribution in [1.82, 2.24) is 4.98 Å². The molecule has 3 aromatic rings. The second-order valence-corrected chi connectivity index (χ2v) is 5.90. The van der Waals surface area contributed by atoms with Crippen LogP contribution < -0.4 is 5.32 Å². The molecule has 3 rings (SSSR count). The molecule has 0 fully saturated rings. The van der Waals surface area contributed by atoms with Crippen LogP contribution in [0.1, 0.15) is 10.5 Å². The second kappa shape index (κ2) is 5.71. The van der Waals surface area contributed by atoms with Crippen molar-refractivity contribution in [3.05, 3.63) is 58.4 Å². The van der Waals surface area contributed by atoms with E-state index in [9.17, 15) is 13.6 Å². The zero-order valence-electron chi connectivity index (χ0n) is 10.5. The molecule has 0 saturated carbocycles. The van der Waals surface area contributed by atoms with Gasteiger partial charge < -0.3 is 5.32 Å². The topological polar surface area (TPSA) is 42.0 Å². The van der Waals surface area contributed by atoms with Gasteiger partial charge >= 0.3 is 0 Å². The highest BCUT2D eigenvalue weighted by molar-refractivity contribution is 7.20. The number of hydrogen-bond donors (Lipinski definition) is 1. The molecule has 3 nitrogen and oxygen atoms in total. The van der Waals surface area contributed by atoms with Crippen LogP contribution in [0, 0.1) is 11.6 Å². The van der Waals surface area contributed by atoms with Gasteiger partial charge in [0.2, 0.25) is 0 Å². The number of benzene rings is 1. The minimum absolute atomic E-state index is 0.185. The predicted molar refractivity (Wildman–Crippen MR) is 79.7 cm³/mol. The van der Waals surface area contributed by atoms with Gasteiger partial charge in [-0.1, -0.05) is 6.07 Å². The molecule has 1 aromatic carbocycles. The molecule has 0 aliphatic carbocycles. The summed E-state index contributed by atoms with van der Waals surface area (Å²) < 4.78 is 25.9. The van der Waals surface area contributed by atoms with Crippen LogP contribution in [-0.4, -0.2) is 10.9 Å². The Morgan fingerprint density at radius 1 is 1.14 bits per heavy atom. The van der Waals surface area contributed by atoms with E-state index in [1.165, 1.54) is 28.7 Å². The van der Waals surface area contributed by atoms with E-state index in [2.05, 4.69) is 10.3 Å². The zero-order chi connectivity index (χ0) is 14.8. The lowest BCUT2D eigenvalue weighted by molar-refractivity contribution is 0.102. The molecule has 0 bridgehead atoms. The van der Waals surface area contributed by atoms with E-state index in [-0.39, 0.29) is 11.4 Å². The Labute approximate surface area is 126 Å². The summed E-state index contributed by atoms with van der Waals surface area (Å²) in [6.45, 7) is 0. The van der Waals surface area contributed by atoms with Gasteiger partial charge in [0.05, 0.1) is 4.88 Å². The molecule has 0 aliphatic rings. The number of nitrogens with one attached hydrogen (secondary N) is 1. The van der Waals surface area contributed by atoms with Crippen LogP contribution in [-0.2, 0) is 0 Å². The van der Waals surface area contributed by atoms with Crippen molar-refractivity contribution in [3.63, 3.8) is 0 Å². The fourth-order valence-corrected chi connectivity index (χ4v) is 3.27. The lowest BCUT2D eigenvalue weighted by Crippen LogP contribution is -2.12. The van der Waals surface area contributed by atoms with Crippen LogP contribution in [0.25, 0.3) is 9.88 Å². The first-order chi connectivity index (χ1) is 10.1. The number of thiophene rings is 1. The summed E-state index contributed by atoms with van der Waals surface area (Å²) in [5.74, 6) is -2.42. The van der Waals surface area contributed by atoms with E-state index in [0.717, 1.165) is 22.0 Å². The Kier molecular flexibility index (Phi) is 3.76. The molecule has 0 aliphatic heterocycles. The van der Waals surface area contributed by atoms with Crippen LogP contribution in [0.3, 0.4) is 0 Å². The standard InChI is InChI=1S/C14H8F2N2OS2/c15-9-4-3-8(6-10(9)16)17-13(19)11-7-21-14(18-11)12-2-1-5-20-12/h1-7H,(H,17,19). The Morgan fingerprint density at radius 3 is 2.71 bits per heavy atom. The average molecular weight is 322 g/mol. The molecule has 106 valence electrons. The highest BCUT2D eigenvalue weighted by Crippen LogP contribution is 2.28. The largest absolute Gasteiger partial charge is 0.321 e. The Hall–Kier alpha value is -2.12. The summed E-state index contributed by atoms with van der Waals surface area (Å²) in [6, 6.07) is 7.01. The van der Waals surface area contributed by atoms with Crippen molar-refractivity contribution < 1.29 is 13.6 Å². The van der Waals surface area contributed by atoms with Crippen LogP contribution >= 0.6 is 22.7 Å². The summed E-state index contributed by atoms with van der Waals surface area (Å²) in [5, 5.41) is 6.79. The van der Waals surface area contributed by atoms with E-state index in [4.69, 9.17) is 0 Å². The molecule has 2 heterocycles. The SMILES string of the molecule is O=C(Nc1ccc(F)c(F)c1)c1csc(-c2cccs2)n1. The quantitative estimate of drug-likeness (QED) is 0.776. The van der Waals surface area contributed by atoms with Crippen molar-refractivity contribution in [2.24, 2.45) is 0 Å². The molecular weight excluding hydrogens is 314 g/mol. The zero-order valence-corrected chi connectivity index (χ0v) is 12.1. The first-order valence-corrected chi connectivity index (χ1v) is 7.65. The normalized spacial score (nSPS) is 10.6. The van der Waals surface area contributed by atoms with Crippen LogP contribution in [0.4, 0.5) is 14.5 Å². The minimum Gasteiger partial charge on any atom is -0.321 e. The van der Waals surface area contributed by atoms with Gasteiger partial charge in [0.25, 0.3) is 5.91 Å². The molecule has 2 aromatic heterocycles. The van der Waals surface area contributed by atoms with Crippen LogP contribution in [0.5, 0.6) is 0 Å². The predicted octanol–water partition coefficient (Wildman–Crippen LogP) is 4.40. The fourth-order valence-electron chi connectivity index (χ4n) is 1.66. The van der Waals surface area contributed by atoms with Crippen LogP contribution in [0.2, 0.25) is 0 Å². The van der Waals surface area contributed by atoms with Crippen molar-refractivity contribution in [2.45, 2.75) is 0 Å². The van der Waals surface area contributed by atoms with E-state index in [1.54, 1.807) is 5.38 Å². The minimum atomic E-state index is -1.01. The number of amides is 1. The number of nitrogens with zero attached hydrogens (tertiary/aromatic N) is 1. The van der Waals surface area contributed by atoms with Gasteiger partial charge in [0.1, 0.15) is 10.7 Å². The van der Waals surface area contributed by atoms with E-state index in [0.29, 0.717) is 0 Å². The first-order valence-electron chi connectivity index (χ1n) is 5.89. The summed E-state index contributed by atoms with van der Waals surface area (Å²) in [7, 11) is 0. The highest BCUT2D eigenvalue weighted by Gasteiger charge is 2.13. The number of hydrogen-bond acceptors (Lipinski definition) is 4. The number of carbonyl (C=O) groups excluding carboxylic acids is 1.